The number of esters is 2. The van der Waals surface area contributed by atoms with Crippen LogP contribution in [0.15, 0.2) is 59.4 Å². The number of hydrogen-bond donors (Lipinski definition) is 6. The predicted octanol–water partition coefficient (Wildman–Crippen LogP) is 0.987. The lowest BCUT2D eigenvalue weighted by Gasteiger charge is -2.38. The largest absolute Gasteiger partial charge is 0.458 e. The van der Waals surface area contributed by atoms with E-state index in [0.29, 0.717) is 41.9 Å². The van der Waals surface area contributed by atoms with E-state index < -0.39 is 53.3 Å². The van der Waals surface area contributed by atoms with Crippen LogP contribution in [0, 0.1) is 5.41 Å². The number of nitrogens with zero attached hydrogens (tertiary/aromatic N) is 2. The fraction of sp³-hybridized carbons (Fsp3) is 0.422. The van der Waals surface area contributed by atoms with Gasteiger partial charge in [-0.05, 0) is 68.1 Å². The molecule has 2 aromatic carbocycles. The van der Waals surface area contributed by atoms with Crippen LogP contribution in [-0.2, 0) is 69.8 Å². The number of ether oxygens (including phenoxy) is 3. The van der Waals surface area contributed by atoms with Crippen molar-refractivity contribution in [3.63, 3.8) is 0 Å². The van der Waals surface area contributed by atoms with E-state index in [0.717, 1.165) is 28.5 Å². The van der Waals surface area contributed by atoms with Gasteiger partial charge < -0.3 is 50.5 Å². The van der Waals surface area contributed by atoms with Gasteiger partial charge in [0, 0.05) is 22.9 Å². The fourth-order valence-corrected chi connectivity index (χ4v) is 8.27. The van der Waals surface area contributed by atoms with Crippen LogP contribution in [0.3, 0.4) is 0 Å². The third-order valence-electron chi connectivity index (χ3n) is 12.0. The summed E-state index contributed by atoms with van der Waals surface area (Å²) in [6, 6.07) is 14.8. The molecule has 63 heavy (non-hydrogen) atoms. The highest BCUT2D eigenvalue weighted by Gasteiger charge is 2.47. The zero-order valence-electron chi connectivity index (χ0n) is 35.4. The molecule has 6 N–H and O–H groups in total. The lowest BCUT2D eigenvalue weighted by atomic mass is 9.69. The second-order valence-electron chi connectivity index (χ2n) is 16.0. The molecule has 18 heteroatoms. The van der Waals surface area contributed by atoms with Crippen molar-refractivity contribution < 1.29 is 48.1 Å². The van der Waals surface area contributed by atoms with E-state index in [-0.39, 0.29) is 75.0 Å². The number of likely N-dealkylation sites (N-methyl/N-ethyl adjacent to an activating group) is 1. The average molecular weight is 866 g/mol. The molecule has 4 heterocycles. The monoisotopic (exact) mass is 865 g/mol. The van der Waals surface area contributed by atoms with Gasteiger partial charge in [0.1, 0.15) is 25.1 Å². The molecule has 1 fully saturated rings. The first-order valence-electron chi connectivity index (χ1n) is 21.0. The Morgan fingerprint density at radius 1 is 0.921 bits per heavy atom. The molecule has 1 unspecified atom stereocenters. The summed E-state index contributed by atoms with van der Waals surface area (Å²) in [5.41, 5.74) is 1.50. The van der Waals surface area contributed by atoms with Crippen LogP contribution in [0.4, 0.5) is 0 Å². The van der Waals surface area contributed by atoms with Crippen LogP contribution in [-0.4, -0.2) is 96.3 Å². The first-order chi connectivity index (χ1) is 30.3. The summed E-state index contributed by atoms with van der Waals surface area (Å²) >= 11 is 0. The Kier molecular flexibility index (Phi) is 13.3. The van der Waals surface area contributed by atoms with Gasteiger partial charge in [-0.3, -0.25) is 28.8 Å². The lowest BCUT2D eigenvalue weighted by Crippen LogP contribution is -2.52. The Bertz CT molecular complexity index is 2520. The molecule has 0 bridgehead atoms. The number of fused-ring (bicyclic) bond motifs is 5. The number of amides is 4. The highest BCUT2D eigenvalue weighted by Crippen LogP contribution is 2.44. The molecule has 3 aliphatic rings. The van der Waals surface area contributed by atoms with E-state index >= 15 is 0 Å². The highest BCUT2D eigenvalue weighted by molar-refractivity contribution is 5.93. The molecule has 2 aliphatic heterocycles. The van der Waals surface area contributed by atoms with Crippen molar-refractivity contribution in [2.75, 3.05) is 40.0 Å². The second-order valence-corrected chi connectivity index (χ2v) is 16.0. The van der Waals surface area contributed by atoms with E-state index in [1.165, 1.54) is 0 Å². The SMILES string of the molecule is CCc1c2c(nc3ccc(OC(=O)C4(COCNC(=O)CNC(=O)[C@H](Cc5ccccc5)NC(=O)CNC(=O)CNC)CCC4)cc13)-c1cc3c(c(=O)n1C2)COC(=O)C3(O)CC. The van der Waals surface area contributed by atoms with E-state index in [2.05, 4.69) is 26.6 Å². The number of aliphatic hydroxyl groups is 1. The molecule has 1 saturated carbocycles. The summed E-state index contributed by atoms with van der Waals surface area (Å²) in [6.07, 6.45) is 2.59. The number of aryl methyl sites for hydroxylation is 1. The van der Waals surface area contributed by atoms with Crippen molar-refractivity contribution in [3.8, 4) is 17.1 Å². The maximum absolute atomic E-state index is 13.7. The number of nitrogens with one attached hydrogen (secondary N) is 5. The minimum Gasteiger partial charge on any atom is -0.458 e. The Hall–Kier alpha value is -6.50. The van der Waals surface area contributed by atoms with Crippen molar-refractivity contribution >= 4 is 46.5 Å². The number of carbonyl (C=O) groups excluding carboxylic acids is 6. The number of rotatable bonds is 18. The van der Waals surface area contributed by atoms with E-state index in [1.807, 2.05) is 13.0 Å². The molecule has 0 saturated heterocycles. The normalized spacial score (nSPS) is 17.2. The molecular formula is C45H51N7O11. The summed E-state index contributed by atoms with van der Waals surface area (Å²) in [6.45, 7) is 2.70. The number of cyclic esters (lactones) is 1. The molecule has 7 rings (SSSR count). The Labute approximate surface area is 362 Å². The van der Waals surface area contributed by atoms with Gasteiger partial charge in [0.05, 0.1) is 60.7 Å². The number of hydrogen-bond acceptors (Lipinski definition) is 13. The summed E-state index contributed by atoms with van der Waals surface area (Å²) in [4.78, 5) is 95.1. The quantitative estimate of drug-likeness (QED) is 0.0312. The average Bonchev–Trinajstić information content (AvgIpc) is 3.63. The van der Waals surface area contributed by atoms with Crippen LogP contribution >= 0.6 is 0 Å². The maximum Gasteiger partial charge on any atom is 0.343 e. The van der Waals surface area contributed by atoms with E-state index in [4.69, 9.17) is 19.2 Å². The van der Waals surface area contributed by atoms with Crippen molar-refractivity contribution in [1.29, 1.82) is 0 Å². The van der Waals surface area contributed by atoms with Gasteiger partial charge >= 0.3 is 11.9 Å². The van der Waals surface area contributed by atoms with Crippen molar-refractivity contribution in [1.82, 2.24) is 36.1 Å². The minimum absolute atomic E-state index is 0.0157. The molecule has 18 nitrogen and oxygen atoms in total. The van der Waals surface area contributed by atoms with Crippen molar-refractivity contribution in [2.24, 2.45) is 5.41 Å². The maximum atomic E-state index is 13.7. The number of carbonyl (C=O) groups is 6. The van der Waals surface area contributed by atoms with E-state index in [1.54, 1.807) is 67.1 Å². The highest BCUT2D eigenvalue weighted by atomic mass is 16.6. The van der Waals surface area contributed by atoms with Gasteiger partial charge in [0.2, 0.25) is 23.6 Å². The molecule has 4 amide bonds. The standard InChI is InChI=1S/C45H51N7O11/c1-4-28-29-17-27(12-13-33(29)51-39-30(28)22-52-35(39)18-32-31(41(52)57)23-62-43(59)45(32,60)5-2)63-42(58)44(14-9-15-44)24-61-25-49-37(54)20-48-40(56)34(16-26-10-7-6-8-11-26)50-38(55)21-47-36(53)19-46-3/h6-8,10-13,17-18,34,46,60H,4-5,9,14-16,19-25H2,1-3H3,(H,47,53)(H,48,56)(H,49,54)(H,50,55)/t34-,45?/m0/s1. The molecule has 0 spiro atoms. The molecule has 4 aromatic rings. The fourth-order valence-electron chi connectivity index (χ4n) is 8.27. The first-order valence-corrected chi connectivity index (χ1v) is 21.0. The summed E-state index contributed by atoms with van der Waals surface area (Å²) in [7, 11) is 1.60. The molecule has 2 aromatic heterocycles. The molecule has 1 aliphatic carbocycles. The van der Waals surface area contributed by atoms with Crippen LogP contribution in [0.25, 0.3) is 22.3 Å². The molecular weight excluding hydrogens is 815 g/mol. The predicted molar refractivity (Wildman–Crippen MR) is 227 cm³/mol. The minimum atomic E-state index is -1.93. The number of aromatic nitrogens is 2. The summed E-state index contributed by atoms with van der Waals surface area (Å²) in [5.74, 6) is -3.06. The van der Waals surface area contributed by atoms with E-state index in [9.17, 15) is 38.7 Å². The van der Waals surface area contributed by atoms with Crippen LogP contribution in [0.5, 0.6) is 5.75 Å². The van der Waals surface area contributed by atoms with Crippen LogP contribution < -0.4 is 36.9 Å². The van der Waals surface area contributed by atoms with Gasteiger partial charge in [0.25, 0.3) is 5.56 Å². The van der Waals surface area contributed by atoms with Crippen molar-refractivity contribution in [3.05, 3.63) is 92.8 Å². The van der Waals surface area contributed by atoms with Gasteiger partial charge in [-0.25, -0.2) is 9.78 Å². The van der Waals surface area contributed by atoms with Gasteiger partial charge in [0.15, 0.2) is 5.60 Å². The first kappa shape index (κ1) is 44.6. The summed E-state index contributed by atoms with van der Waals surface area (Å²) in [5, 5.41) is 24.9. The second kappa shape index (κ2) is 18.9. The molecule has 2 atom stereocenters. The van der Waals surface area contributed by atoms with Crippen molar-refractivity contribution in [2.45, 2.75) is 77.2 Å². The molecule has 0 radical (unpaired) electrons. The third kappa shape index (κ3) is 9.19. The van der Waals surface area contributed by atoms with Crippen LogP contribution in [0.2, 0.25) is 0 Å². The topological polar surface area (TPSA) is 245 Å². The zero-order chi connectivity index (χ0) is 44.9. The van der Waals surface area contributed by atoms with Gasteiger partial charge in [-0.2, -0.15) is 0 Å². The Morgan fingerprint density at radius 2 is 1.67 bits per heavy atom. The Balaban J connectivity index is 0.948. The number of benzene rings is 2. The lowest BCUT2D eigenvalue weighted by molar-refractivity contribution is -0.172. The smallest absolute Gasteiger partial charge is 0.343 e. The molecule has 332 valence electrons. The van der Waals surface area contributed by atoms with Crippen LogP contribution in [0.1, 0.15) is 67.3 Å². The third-order valence-corrected chi connectivity index (χ3v) is 12.0. The zero-order valence-corrected chi connectivity index (χ0v) is 35.4. The Morgan fingerprint density at radius 3 is 2.37 bits per heavy atom. The number of pyridine rings is 2. The van der Waals surface area contributed by atoms with Gasteiger partial charge in [-0.15, -0.1) is 0 Å². The summed E-state index contributed by atoms with van der Waals surface area (Å²) < 4.78 is 18.5. The van der Waals surface area contributed by atoms with Gasteiger partial charge in [-0.1, -0.05) is 50.6 Å².